The zero-order valence-corrected chi connectivity index (χ0v) is 16.6. The Labute approximate surface area is 124 Å². The van der Waals surface area contributed by atoms with Crippen LogP contribution in [0, 0.1) is 0 Å². The summed E-state index contributed by atoms with van der Waals surface area (Å²) in [4.78, 5) is 0. The van der Waals surface area contributed by atoms with Gasteiger partial charge in [0.1, 0.15) is 0 Å². The summed E-state index contributed by atoms with van der Waals surface area (Å²) in [7, 11) is 13.4. The Morgan fingerprint density at radius 2 is 1.11 bits per heavy atom. The van der Waals surface area contributed by atoms with Crippen LogP contribution in [-0.4, -0.2) is 70.8 Å². The molecule has 0 radical (unpaired) electrons. The molecule has 0 aliphatic carbocycles. The second kappa shape index (κ2) is 6.12. The monoisotopic (exact) mass is 371 g/mol. The van der Waals surface area contributed by atoms with Gasteiger partial charge in [-0.25, -0.2) is 0 Å². The van der Waals surface area contributed by atoms with Gasteiger partial charge in [-0.05, 0) is 0 Å². The van der Waals surface area contributed by atoms with Crippen LogP contribution >= 0.6 is 0 Å². The molecule has 4 heteroatoms. The molecule has 0 spiro atoms. The first-order valence-corrected chi connectivity index (χ1v) is 12.0. The second-order valence-electron chi connectivity index (χ2n) is 6.31. The molecule has 0 aromatic heterocycles. The number of rotatable bonds is 5. The third-order valence-corrected chi connectivity index (χ3v) is 20.5. The van der Waals surface area contributed by atoms with Crippen molar-refractivity contribution in [2.24, 2.45) is 0 Å². The van der Waals surface area contributed by atoms with Crippen LogP contribution in [0.2, 0.25) is 0 Å². The Bertz CT molecular complexity index is 377. The maximum atomic E-state index is 2.50. The Morgan fingerprint density at radius 1 is 0.737 bits per heavy atom. The second-order valence-corrected chi connectivity index (χ2v) is 21.2. The predicted molar refractivity (Wildman–Crippen MR) is 86.3 cm³/mol. The molecule has 1 rings (SSSR count). The molecule has 0 atom stereocenters. The number of hydrogen-bond donors (Lipinski definition) is 0. The summed E-state index contributed by atoms with van der Waals surface area (Å²) in [5, 5.41) is 0. The molecule has 0 fully saturated rings. The Kier molecular flexibility index (Phi) is 5.46. The fourth-order valence-corrected chi connectivity index (χ4v) is 21.9. The van der Waals surface area contributed by atoms with Crippen molar-refractivity contribution in [2.45, 2.75) is 17.3 Å². The van der Waals surface area contributed by atoms with E-state index in [9.17, 15) is 0 Å². The summed E-state index contributed by atoms with van der Waals surface area (Å²) in [6.45, 7) is 4.80. The summed E-state index contributed by atoms with van der Waals surface area (Å²) >= 11 is -2.92. The minimum absolute atomic E-state index is 0.159. The van der Waals surface area contributed by atoms with Gasteiger partial charge in [-0.3, -0.25) is 0 Å². The first kappa shape index (κ1) is 17.0. The molecule has 3 nitrogen and oxygen atoms in total. The summed E-state index contributed by atoms with van der Waals surface area (Å²) in [5.41, 5.74) is 1.43. The van der Waals surface area contributed by atoms with Crippen molar-refractivity contribution in [1.82, 2.24) is 9.36 Å². The van der Waals surface area contributed by atoms with Crippen LogP contribution in [0.3, 0.4) is 0 Å². The van der Waals surface area contributed by atoms with Gasteiger partial charge < -0.3 is 0 Å². The molecule has 0 aliphatic heterocycles. The van der Waals surface area contributed by atoms with E-state index in [1.807, 2.05) is 0 Å². The van der Waals surface area contributed by atoms with Crippen LogP contribution in [0.1, 0.15) is 19.4 Å². The molecule has 1 aromatic rings. The molecule has 0 heterocycles. The number of nitrogens with zero attached hydrogens (tertiary/aromatic N) is 3. The minimum atomic E-state index is -2.92. The van der Waals surface area contributed by atoms with E-state index in [0.29, 0.717) is 0 Å². The molecule has 0 saturated carbocycles. The van der Waals surface area contributed by atoms with E-state index in [4.69, 9.17) is 0 Å². The summed E-state index contributed by atoms with van der Waals surface area (Å²) in [6.07, 6.45) is 0. The average Bonchev–Trinajstić information content (AvgIpc) is 2.28. The Hall–Kier alpha value is -0.101. The molecule has 0 aliphatic rings. The van der Waals surface area contributed by atoms with Gasteiger partial charge in [0, 0.05) is 0 Å². The molecular weight excluding hydrogens is 341 g/mol. The van der Waals surface area contributed by atoms with Crippen molar-refractivity contribution in [3.8, 4) is 0 Å². The van der Waals surface area contributed by atoms with Crippen LogP contribution in [-0.2, 0) is 3.43 Å². The van der Waals surface area contributed by atoms with Crippen molar-refractivity contribution >= 4 is 19.2 Å². The van der Waals surface area contributed by atoms with E-state index in [2.05, 4.69) is 95.8 Å². The Balaban J connectivity index is 3.48. The number of hydrogen-bond acceptors (Lipinski definition) is 3. The molecule has 0 bridgehead atoms. The molecule has 0 amide bonds. The molecule has 1 aromatic carbocycles. The Morgan fingerprint density at radius 3 is 1.42 bits per heavy atom. The van der Waals surface area contributed by atoms with Gasteiger partial charge in [0.05, 0.1) is 0 Å². The third kappa shape index (κ3) is 2.70. The van der Waals surface area contributed by atoms with Crippen LogP contribution in [0.5, 0.6) is 0 Å². The zero-order chi connectivity index (χ0) is 14.8. The molecule has 19 heavy (non-hydrogen) atoms. The summed E-state index contributed by atoms with van der Waals surface area (Å²) < 4.78 is 7.66. The van der Waals surface area contributed by atoms with Gasteiger partial charge in [0.15, 0.2) is 0 Å². The first-order valence-electron chi connectivity index (χ1n) is 6.76. The summed E-state index contributed by atoms with van der Waals surface area (Å²) in [5.74, 6) is 0. The van der Waals surface area contributed by atoms with Crippen LogP contribution < -0.4 is 0 Å². The molecule has 0 N–H and O–H groups in total. The predicted octanol–water partition coefficient (Wildman–Crippen LogP) is 2.13. The maximum absolute atomic E-state index is 2.92. The van der Waals surface area contributed by atoms with Gasteiger partial charge in [-0.1, -0.05) is 0 Å². The fraction of sp³-hybridized carbons (Fsp3) is 0.600. The van der Waals surface area contributed by atoms with E-state index in [1.54, 1.807) is 0 Å². The SMILES string of the molecule is C[N](C)[Sn]([N](C)C)([N](C)C)[C](C)(C)c1ccccc1. The normalized spacial score (nSPS) is 13.6. The topological polar surface area (TPSA) is 9.72 Å². The van der Waals surface area contributed by atoms with Crippen LogP contribution in [0.15, 0.2) is 30.3 Å². The van der Waals surface area contributed by atoms with Crippen molar-refractivity contribution < 1.29 is 0 Å². The van der Waals surface area contributed by atoms with Gasteiger partial charge >= 0.3 is 124 Å². The molecule has 0 unspecified atom stereocenters. The third-order valence-electron chi connectivity index (χ3n) is 4.20. The molecule has 108 valence electrons. The van der Waals surface area contributed by atoms with E-state index in [0.717, 1.165) is 0 Å². The molecular formula is C15H29N3Sn. The molecule has 0 saturated heterocycles. The quantitative estimate of drug-likeness (QED) is 0.736. The fourth-order valence-electron chi connectivity index (χ4n) is 3.93. The average molecular weight is 370 g/mol. The van der Waals surface area contributed by atoms with Crippen molar-refractivity contribution in [3.63, 3.8) is 0 Å². The van der Waals surface area contributed by atoms with Gasteiger partial charge in [0.2, 0.25) is 0 Å². The first-order chi connectivity index (χ1) is 8.69. The summed E-state index contributed by atoms with van der Waals surface area (Å²) in [6, 6.07) is 10.9. The van der Waals surface area contributed by atoms with E-state index >= 15 is 0 Å². The standard InChI is InChI=1S/C9H11.3C2H6N.Sn/c1-8(2)9-6-4-3-5-7-9;3*1-3-2;/h3-7H,1-2H3;3*1-2H3;/q;3*-1;+3. The van der Waals surface area contributed by atoms with Crippen LogP contribution in [0.25, 0.3) is 0 Å². The number of benzene rings is 1. The van der Waals surface area contributed by atoms with Gasteiger partial charge in [-0.2, -0.15) is 0 Å². The van der Waals surface area contributed by atoms with Gasteiger partial charge in [0.25, 0.3) is 0 Å². The van der Waals surface area contributed by atoms with Crippen molar-refractivity contribution in [3.05, 3.63) is 35.9 Å². The zero-order valence-electron chi connectivity index (χ0n) is 13.7. The van der Waals surface area contributed by atoms with E-state index in [-0.39, 0.29) is 3.43 Å². The van der Waals surface area contributed by atoms with Gasteiger partial charge in [-0.15, -0.1) is 0 Å². The van der Waals surface area contributed by atoms with E-state index in [1.165, 1.54) is 5.56 Å². The van der Waals surface area contributed by atoms with Crippen LogP contribution in [0.4, 0.5) is 0 Å². The van der Waals surface area contributed by atoms with Crippen molar-refractivity contribution in [1.29, 1.82) is 0 Å². The van der Waals surface area contributed by atoms with Crippen molar-refractivity contribution in [2.75, 3.05) is 42.3 Å². The van der Waals surface area contributed by atoms with E-state index < -0.39 is 19.2 Å².